The lowest BCUT2D eigenvalue weighted by atomic mass is 9.95. The SMILES string of the molecule is CCN(CC)c1cc(C)nc(Nc2ccc(NC(=O)C3(c4ccc(F)cc4)CC3)cc2)n1. The lowest BCUT2D eigenvalue weighted by Gasteiger charge is -2.20. The van der Waals surface area contributed by atoms with Gasteiger partial charge in [-0.05, 0) is 75.6 Å². The van der Waals surface area contributed by atoms with Crippen LogP contribution in [0.15, 0.2) is 54.6 Å². The summed E-state index contributed by atoms with van der Waals surface area (Å²) in [4.78, 5) is 24.2. The lowest BCUT2D eigenvalue weighted by molar-refractivity contribution is -0.118. The number of amides is 1. The topological polar surface area (TPSA) is 70.2 Å². The van der Waals surface area contributed by atoms with Crippen molar-refractivity contribution < 1.29 is 9.18 Å². The monoisotopic (exact) mass is 433 g/mol. The maximum Gasteiger partial charge on any atom is 0.235 e. The van der Waals surface area contributed by atoms with Gasteiger partial charge in [0.05, 0.1) is 5.41 Å². The first-order chi connectivity index (χ1) is 15.4. The van der Waals surface area contributed by atoms with E-state index < -0.39 is 5.41 Å². The summed E-state index contributed by atoms with van der Waals surface area (Å²) in [6.45, 7) is 7.90. The van der Waals surface area contributed by atoms with Gasteiger partial charge < -0.3 is 15.5 Å². The van der Waals surface area contributed by atoms with Crippen molar-refractivity contribution in [1.82, 2.24) is 9.97 Å². The van der Waals surface area contributed by atoms with Crippen LogP contribution in [-0.4, -0.2) is 29.0 Å². The smallest absolute Gasteiger partial charge is 0.235 e. The van der Waals surface area contributed by atoms with Crippen LogP contribution in [0.5, 0.6) is 0 Å². The molecule has 1 fully saturated rings. The molecule has 4 rings (SSSR count). The number of nitrogens with one attached hydrogen (secondary N) is 2. The molecule has 166 valence electrons. The highest BCUT2D eigenvalue weighted by Gasteiger charge is 2.51. The summed E-state index contributed by atoms with van der Waals surface area (Å²) >= 11 is 0. The van der Waals surface area contributed by atoms with Crippen molar-refractivity contribution in [3.05, 3.63) is 71.7 Å². The van der Waals surface area contributed by atoms with Gasteiger partial charge in [0.15, 0.2) is 0 Å². The third-order valence-corrected chi connectivity index (χ3v) is 5.91. The van der Waals surface area contributed by atoms with Gasteiger partial charge in [-0.2, -0.15) is 4.98 Å². The number of aromatic nitrogens is 2. The van der Waals surface area contributed by atoms with Gasteiger partial charge in [0.1, 0.15) is 11.6 Å². The number of aryl methyl sites for hydroxylation is 1. The molecule has 1 aromatic heterocycles. The van der Waals surface area contributed by atoms with Crippen molar-refractivity contribution in [3.63, 3.8) is 0 Å². The van der Waals surface area contributed by atoms with Crippen LogP contribution in [0.4, 0.5) is 27.5 Å². The molecule has 0 spiro atoms. The molecular formula is C25H28FN5O. The first-order valence-electron chi connectivity index (χ1n) is 11.0. The Bertz CT molecular complexity index is 1090. The summed E-state index contributed by atoms with van der Waals surface area (Å²) in [7, 11) is 0. The Labute approximate surface area is 187 Å². The van der Waals surface area contributed by atoms with Crippen LogP contribution in [-0.2, 0) is 10.2 Å². The minimum absolute atomic E-state index is 0.0595. The van der Waals surface area contributed by atoms with Crippen molar-refractivity contribution in [3.8, 4) is 0 Å². The number of hydrogen-bond donors (Lipinski definition) is 2. The first kappa shape index (κ1) is 21.7. The molecule has 0 bridgehead atoms. The van der Waals surface area contributed by atoms with Crippen molar-refractivity contribution >= 4 is 29.0 Å². The molecule has 0 unspecified atom stereocenters. The van der Waals surface area contributed by atoms with Crippen molar-refractivity contribution in [2.45, 2.75) is 39.0 Å². The Morgan fingerprint density at radius 2 is 1.62 bits per heavy atom. The summed E-state index contributed by atoms with van der Waals surface area (Å²) in [5, 5.41) is 6.24. The molecule has 0 saturated heterocycles. The summed E-state index contributed by atoms with van der Waals surface area (Å²) in [6, 6.07) is 15.7. The number of anilines is 4. The number of benzene rings is 2. The van der Waals surface area contributed by atoms with Gasteiger partial charge in [-0.25, -0.2) is 9.37 Å². The van der Waals surface area contributed by atoms with Crippen LogP contribution in [0.1, 0.15) is 37.9 Å². The highest BCUT2D eigenvalue weighted by Crippen LogP contribution is 2.49. The number of halogens is 1. The van der Waals surface area contributed by atoms with Crippen LogP contribution >= 0.6 is 0 Å². The zero-order valence-corrected chi connectivity index (χ0v) is 18.7. The maximum atomic E-state index is 13.2. The molecule has 0 radical (unpaired) electrons. The molecule has 0 aliphatic heterocycles. The Hall–Kier alpha value is -3.48. The molecule has 1 heterocycles. The number of carbonyl (C=O) groups is 1. The molecule has 1 aliphatic carbocycles. The van der Waals surface area contributed by atoms with E-state index in [9.17, 15) is 9.18 Å². The average molecular weight is 434 g/mol. The molecule has 3 aromatic rings. The predicted octanol–water partition coefficient (Wildman–Crippen LogP) is 5.18. The fraction of sp³-hybridized carbons (Fsp3) is 0.320. The summed E-state index contributed by atoms with van der Waals surface area (Å²) in [5.41, 5.74) is 2.74. The van der Waals surface area contributed by atoms with Crippen LogP contribution in [0, 0.1) is 12.7 Å². The molecular weight excluding hydrogens is 405 g/mol. The van der Waals surface area contributed by atoms with E-state index in [1.165, 1.54) is 12.1 Å². The Balaban J connectivity index is 1.44. The Kier molecular flexibility index (Phi) is 6.08. The van der Waals surface area contributed by atoms with Gasteiger partial charge in [-0.1, -0.05) is 12.1 Å². The minimum atomic E-state index is -0.555. The van der Waals surface area contributed by atoms with Crippen LogP contribution < -0.4 is 15.5 Å². The van der Waals surface area contributed by atoms with Gasteiger partial charge in [0.2, 0.25) is 11.9 Å². The van der Waals surface area contributed by atoms with Crippen molar-refractivity contribution in [2.24, 2.45) is 0 Å². The second-order valence-electron chi connectivity index (χ2n) is 8.11. The van der Waals surface area contributed by atoms with Crippen LogP contribution in [0.2, 0.25) is 0 Å². The standard InChI is InChI=1S/C25H28FN5O/c1-4-31(5-2)22-16-17(3)27-24(30-22)29-21-12-10-20(11-13-21)28-23(32)25(14-15-25)18-6-8-19(26)9-7-18/h6-13,16H,4-5,14-15H2,1-3H3,(H,28,32)(H,27,29,30). The minimum Gasteiger partial charge on any atom is -0.357 e. The fourth-order valence-electron chi connectivity index (χ4n) is 3.87. The summed E-state index contributed by atoms with van der Waals surface area (Å²) in [5.74, 6) is 1.08. The highest BCUT2D eigenvalue weighted by molar-refractivity contribution is 6.01. The zero-order valence-electron chi connectivity index (χ0n) is 18.7. The average Bonchev–Trinajstić information content (AvgIpc) is 3.58. The Morgan fingerprint density at radius 1 is 1.00 bits per heavy atom. The molecule has 1 aliphatic rings. The molecule has 32 heavy (non-hydrogen) atoms. The van der Waals surface area contributed by atoms with Gasteiger partial charge in [-0.15, -0.1) is 0 Å². The molecule has 1 saturated carbocycles. The molecule has 7 heteroatoms. The van der Waals surface area contributed by atoms with E-state index in [2.05, 4.69) is 39.3 Å². The molecule has 0 atom stereocenters. The van der Waals surface area contributed by atoms with E-state index >= 15 is 0 Å². The van der Waals surface area contributed by atoms with Crippen LogP contribution in [0.25, 0.3) is 0 Å². The van der Waals surface area contributed by atoms with Crippen molar-refractivity contribution in [2.75, 3.05) is 28.6 Å². The lowest BCUT2D eigenvalue weighted by Crippen LogP contribution is -2.27. The number of hydrogen-bond acceptors (Lipinski definition) is 5. The third kappa shape index (κ3) is 4.56. The molecule has 1 amide bonds. The summed E-state index contributed by atoms with van der Waals surface area (Å²) in [6.07, 6.45) is 1.54. The van der Waals surface area contributed by atoms with E-state index in [1.54, 1.807) is 12.1 Å². The molecule has 2 aromatic carbocycles. The maximum absolute atomic E-state index is 13.2. The van der Waals surface area contributed by atoms with Gasteiger partial charge >= 0.3 is 0 Å². The highest BCUT2D eigenvalue weighted by atomic mass is 19.1. The quantitative estimate of drug-likeness (QED) is 0.512. The second-order valence-corrected chi connectivity index (χ2v) is 8.11. The van der Waals surface area contributed by atoms with E-state index in [0.717, 1.165) is 48.7 Å². The van der Waals surface area contributed by atoms with Crippen molar-refractivity contribution in [1.29, 1.82) is 0 Å². The second kappa shape index (κ2) is 8.94. The normalized spacial score (nSPS) is 14.0. The van der Waals surface area contributed by atoms with E-state index in [1.807, 2.05) is 37.3 Å². The van der Waals surface area contributed by atoms with E-state index in [-0.39, 0.29) is 11.7 Å². The third-order valence-electron chi connectivity index (χ3n) is 5.91. The number of carbonyl (C=O) groups excluding carboxylic acids is 1. The fourth-order valence-corrected chi connectivity index (χ4v) is 3.87. The largest absolute Gasteiger partial charge is 0.357 e. The molecule has 2 N–H and O–H groups in total. The first-order valence-corrected chi connectivity index (χ1v) is 11.0. The van der Waals surface area contributed by atoms with Crippen LogP contribution in [0.3, 0.4) is 0 Å². The van der Waals surface area contributed by atoms with Gasteiger partial charge in [-0.3, -0.25) is 4.79 Å². The van der Waals surface area contributed by atoms with E-state index in [4.69, 9.17) is 0 Å². The van der Waals surface area contributed by atoms with Gasteiger partial charge in [0, 0.05) is 36.2 Å². The Morgan fingerprint density at radius 3 is 2.22 bits per heavy atom. The predicted molar refractivity (Wildman–Crippen MR) is 126 cm³/mol. The number of nitrogens with zero attached hydrogens (tertiary/aromatic N) is 3. The molecule has 6 nitrogen and oxygen atoms in total. The van der Waals surface area contributed by atoms with Gasteiger partial charge in [0.25, 0.3) is 0 Å². The summed E-state index contributed by atoms with van der Waals surface area (Å²) < 4.78 is 13.2. The number of rotatable bonds is 8. The van der Waals surface area contributed by atoms with E-state index in [0.29, 0.717) is 11.6 Å². The zero-order chi connectivity index (χ0) is 22.7.